The van der Waals surface area contributed by atoms with Gasteiger partial charge in [-0.05, 0) is 45.2 Å². The van der Waals surface area contributed by atoms with Crippen molar-refractivity contribution in [3.63, 3.8) is 0 Å². The molecule has 0 bridgehead atoms. The monoisotopic (exact) mass is 327 g/mol. The fourth-order valence-electron chi connectivity index (χ4n) is 2.61. The second-order valence-corrected chi connectivity index (χ2v) is 6.22. The third-order valence-electron chi connectivity index (χ3n) is 4.22. The minimum atomic E-state index is -0.236. The Morgan fingerprint density at radius 2 is 1.88 bits per heavy atom. The highest BCUT2D eigenvalue weighted by Crippen LogP contribution is 2.24. The highest BCUT2D eigenvalue weighted by Gasteiger charge is 2.15. The summed E-state index contributed by atoms with van der Waals surface area (Å²) >= 11 is 0. The molecule has 24 heavy (non-hydrogen) atoms. The van der Waals surface area contributed by atoms with E-state index in [0.29, 0.717) is 5.92 Å². The molecule has 0 spiro atoms. The molecule has 5 nitrogen and oxygen atoms in total. The largest absolute Gasteiger partial charge is 0.326 e. The van der Waals surface area contributed by atoms with Crippen LogP contribution in [0.25, 0.3) is 0 Å². The molecule has 0 saturated carbocycles. The number of hydrogen-bond donors (Lipinski definition) is 2. The molecule has 1 aliphatic rings. The van der Waals surface area contributed by atoms with E-state index in [9.17, 15) is 9.59 Å². The predicted octanol–water partition coefficient (Wildman–Crippen LogP) is 3.64. The number of allylic oxidation sites excluding steroid dienone is 2. The molecule has 0 fully saturated rings. The van der Waals surface area contributed by atoms with Gasteiger partial charge in [0.25, 0.3) is 0 Å². The summed E-state index contributed by atoms with van der Waals surface area (Å²) < 4.78 is 0. The minimum absolute atomic E-state index is 0.124. The Morgan fingerprint density at radius 1 is 1.17 bits per heavy atom. The van der Waals surface area contributed by atoms with Gasteiger partial charge < -0.3 is 5.32 Å². The summed E-state index contributed by atoms with van der Waals surface area (Å²) in [6.07, 6.45) is 5.65. The van der Waals surface area contributed by atoms with E-state index in [1.807, 2.05) is 37.3 Å². The number of hydrazone groups is 1. The van der Waals surface area contributed by atoms with E-state index < -0.39 is 0 Å². The number of hydrogen-bond acceptors (Lipinski definition) is 3. The van der Waals surface area contributed by atoms with Crippen molar-refractivity contribution >= 4 is 23.2 Å². The molecule has 5 heteroatoms. The number of para-hydroxylation sites is 1. The van der Waals surface area contributed by atoms with Gasteiger partial charge in [0.2, 0.25) is 11.8 Å². The first-order valence-corrected chi connectivity index (χ1v) is 8.38. The van der Waals surface area contributed by atoms with E-state index in [0.717, 1.165) is 30.7 Å². The first-order chi connectivity index (χ1) is 11.5. The van der Waals surface area contributed by atoms with Gasteiger partial charge in [-0.25, -0.2) is 5.43 Å². The van der Waals surface area contributed by atoms with E-state index in [2.05, 4.69) is 28.8 Å². The van der Waals surface area contributed by atoms with E-state index in [4.69, 9.17) is 0 Å². The van der Waals surface area contributed by atoms with Crippen LogP contribution in [0.2, 0.25) is 0 Å². The molecule has 1 atom stereocenters. The molecular formula is C19H25N3O2. The molecule has 0 aromatic heterocycles. The zero-order valence-corrected chi connectivity index (χ0v) is 14.3. The number of nitrogens with zero attached hydrogens (tertiary/aromatic N) is 1. The summed E-state index contributed by atoms with van der Waals surface area (Å²) in [6.45, 7) is 4.09. The lowest BCUT2D eigenvalue weighted by Crippen LogP contribution is -2.24. The van der Waals surface area contributed by atoms with E-state index in [-0.39, 0.29) is 24.7 Å². The second-order valence-electron chi connectivity index (χ2n) is 6.22. The quantitative estimate of drug-likeness (QED) is 0.476. The van der Waals surface area contributed by atoms with Crippen molar-refractivity contribution < 1.29 is 9.59 Å². The number of carbonyl (C=O) groups excluding carboxylic acids is 2. The van der Waals surface area contributed by atoms with Crippen LogP contribution in [0, 0.1) is 5.92 Å². The van der Waals surface area contributed by atoms with Crippen LogP contribution in [0.15, 0.2) is 47.1 Å². The van der Waals surface area contributed by atoms with Crippen molar-refractivity contribution in [2.24, 2.45) is 11.0 Å². The molecule has 1 aromatic rings. The van der Waals surface area contributed by atoms with E-state index >= 15 is 0 Å². The van der Waals surface area contributed by atoms with Crippen molar-refractivity contribution in [1.82, 2.24) is 5.43 Å². The van der Waals surface area contributed by atoms with Crippen LogP contribution < -0.4 is 10.7 Å². The van der Waals surface area contributed by atoms with Crippen LogP contribution in [-0.4, -0.2) is 17.5 Å². The number of amides is 2. The van der Waals surface area contributed by atoms with Gasteiger partial charge in [0.05, 0.1) is 0 Å². The Kier molecular flexibility index (Phi) is 6.73. The Labute approximate surface area is 143 Å². The standard InChI is InChI=1S/C19H25N3O2/c1-14-8-10-16(11-9-14)15(2)21-22-19(24)13-12-18(23)20-17-6-4-3-5-7-17/h3-8,16H,9-13H2,1-2H3,(H,20,23)(H,22,24)/b21-15+/t16-/m1/s1. The Bertz CT molecular complexity index is 635. The predicted molar refractivity (Wildman–Crippen MR) is 96.7 cm³/mol. The first kappa shape index (κ1) is 17.9. The fourth-order valence-corrected chi connectivity index (χ4v) is 2.61. The third kappa shape index (κ3) is 5.99. The van der Waals surface area contributed by atoms with Crippen LogP contribution in [0.4, 0.5) is 5.69 Å². The maximum Gasteiger partial charge on any atom is 0.240 e. The third-order valence-corrected chi connectivity index (χ3v) is 4.22. The zero-order chi connectivity index (χ0) is 17.4. The van der Waals surface area contributed by atoms with Gasteiger partial charge in [-0.15, -0.1) is 0 Å². The fraction of sp³-hybridized carbons (Fsp3) is 0.421. The zero-order valence-electron chi connectivity index (χ0n) is 14.3. The van der Waals surface area contributed by atoms with Crippen LogP contribution >= 0.6 is 0 Å². The molecule has 1 aromatic carbocycles. The minimum Gasteiger partial charge on any atom is -0.326 e. The summed E-state index contributed by atoms with van der Waals surface area (Å²) in [4.78, 5) is 23.6. The van der Waals surface area contributed by atoms with Crippen molar-refractivity contribution in [3.05, 3.63) is 42.0 Å². The van der Waals surface area contributed by atoms with Gasteiger partial charge in [-0.3, -0.25) is 9.59 Å². The summed E-state index contributed by atoms with van der Waals surface area (Å²) in [6, 6.07) is 9.20. The van der Waals surface area contributed by atoms with Gasteiger partial charge in [0, 0.05) is 30.2 Å². The Balaban J connectivity index is 1.71. The lowest BCUT2D eigenvalue weighted by molar-refractivity contribution is -0.124. The molecule has 128 valence electrons. The number of rotatable bonds is 6. The van der Waals surface area contributed by atoms with Crippen molar-refractivity contribution in [2.75, 3.05) is 5.32 Å². The van der Waals surface area contributed by atoms with E-state index in [1.54, 1.807) is 0 Å². The molecular weight excluding hydrogens is 302 g/mol. The lowest BCUT2D eigenvalue weighted by Gasteiger charge is -2.19. The van der Waals surface area contributed by atoms with E-state index in [1.165, 1.54) is 5.57 Å². The van der Waals surface area contributed by atoms with Crippen molar-refractivity contribution in [3.8, 4) is 0 Å². The van der Waals surface area contributed by atoms with Crippen molar-refractivity contribution in [1.29, 1.82) is 0 Å². The molecule has 0 saturated heterocycles. The second kappa shape index (κ2) is 9.01. The van der Waals surface area contributed by atoms with Gasteiger partial charge in [-0.2, -0.15) is 5.10 Å². The van der Waals surface area contributed by atoms with Crippen LogP contribution in [0.5, 0.6) is 0 Å². The average molecular weight is 327 g/mol. The SMILES string of the molecule is CC1=CC[C@@H](/C(C)=N/NC(=O)CCC(=O)Nc2ccccc2)CC1. The number of anilines is 1. The van der Waals surface area contributed by atoms with Crippen LogP contribution in [-0.2, 0) is 9.59 Å². The molecule has 0 radical (unpaired) electrons. The molecule has 2 rings (SSSR count). The van der Waals surface area contributed by atoms with Gasteiger partial charge in [0.15, 0.2) is 0 Å². The maximum atomic E-state index is 11.8. The van der Waals surface area contributed by atoms with Gasteiger partial charge in [-0.1, -0.05) is 29.8 Å². The smallest absolute Gasteiger partial charge is 0.240 e. The summed E-state index contributed by atoms with van der Waals surface area (Å²) in [5.74, 6) is -0.0135. The highest BCUT2D eigenvalue weighted by atomic mass is 16.2. The number of carbonyl (C=O) groups is 2. The molecule has 2 N–H and O–H groups in total. The Morgan fingerprint density at radius 3 is 2.54 bits per heavy atom. The molecule has 0 aliphatic heterocycles. The first-order valence-electron chi connectivity index (χ1n) is 8.38. The number of benzene rings is 1. The van der Waals surface area contributed by atoms with Crippen molar-refractivity contribution in [2.45, 2.75) is 46.0 Å². The molecule has 2 amide bonds. The van der Waals surface area contributed by atoms with Gasteiger partial charge >= 0.3 is 0 Å². The van der Waals surface area contributed by atoms with Gasteiger partial charge in [0.1, 0.15) is 0 Å². The average Bonchev–Trinajstić information content (AvgIpc) is 2.59. The molecule has 1 aliphatic carbocycles. The number of nitrogens with one attached hydrogen (secondary N) is 2. The lowest BCUT2D eigenvalue weighted by atomic mass is 9.87. The topological polar surface area (TPSA) is 70.6 Å². The van der Waals surface area contributed by atoms with Crippen LogP contribution in [0.3, 0.4) is 0 Å². The van der Waals surface area contributed by atoms with Crippen LogP contribution in [0.1, 0.15) is 46.0 Å². The molecule has 0 unspecified atom stereocenters. The highest BCUT2D eigenvalue weighted by molar-refractivity contribution is 5.93. The molecule has 0 heterocycles. The normalized spacial score (nSPS) is 17.8. The summed E-state index contributed by atoms with van der Waals surface area (Å²) in [7, 11) is 0. The summed E-state index contributed by atoms with van der Waals surface area (Å²) in [5.41, 5.74) is 5.66. The maximum absolute atomic E-state index is 11.8. The Hall–Kier alpha value is -2.43. The summed E-state index contributed by atoms with van der Waals surface area (Å²) in [5, 5.41) is 6.95.